The van der Waals surface area contributed by atoms with Crippen molar-refractivity contribution in [2.45, 2.75) is 53.1 Å². The zero-order valence-corrected chi connectivity index (χ0v) is 13.7. The summed E-state index contributed by atoms with van der Waals surface area (Å²) in [6.07, 6.45) is 2.47. The van der Waals surface area contributed by atoms with Crippen LogP contribution in [0.2, 0.25) is 0 Å². The summed E-state index contributed by atoms with van der Waals surface area (Å²) in [6, 6.07) is 4.97. The molecule has 0 radical (unpaired) electrons. The lowest BCUT2D eigenvalue weighted by Gasteiger charge is -2.28. The van der Waals surface area contributed by atoms with Gasteiger partial charge in [0.05, 0.1) is 0 Å². The zero-order chi connectivity index (χ0) is 14.3. The average molecular weight is 282 g/mol. The highest BCUT2D eigenvalue weighted by Crippen LogP contribution is 2.18. The molecule has 110 valence electrons. The minimum atomic E-state index is 0.597. The third kappa shape index (κ3) is 6.55. The summed E-state index contributed by atoms with van der Waals surface area (Å²) in [5.41, 5.74) is 5.90. The van der Waals surface area contributed by atoms with Gasteiger partial charge in [0.1, 0.15) is 0 Å². The quantitative estimate of drug-likeness (QED) is 0.742. The molecule has 0 fully saturated rings. The summed E-state index contributed by atoms with van der Waals surface area (Å²) in [4.78, 5) is 4.02. The Kier molecular flexibility index (Phi) is 7.66. The molecule has 1 aromatic heterocycles. The smallest absolute Gasteiger partial charge is 0.0330 e. The van der Waals surface area contributed by atoms with Crippen LogP contribution >= 0.6 is 11.3 Å². The molecule has 1 heterocycles. The molecule has 2 N–H and O–H groups in total. The van der Waals surface area contributed by atoms with Crippen LogP contribution < -0.4 is 5.73 Å². The first-order valence-electron chi connectivity index (χ1n) is 7.49. The van der Waals surface area contributed by atoms with E-state index in [2.05, 4.69) is 50.1 Å². The first-order valence-corrected chi connectivity index (χ1v) is 8.37. The Labute approximate surface area is 123 Å². The molecule has 0 aromatic carbocycles. The average Bonchev–Trinajstić information content (AvgIpc) is 2.84. The Morgan fingerprint density at radius 3 is 2.47 bits per heavy atom. The van der Waals surface area contributed by atoms with Gasteiger partial charge in [0.15, 0.2) is 0 Å². The molecule has 0 spiro atoms. The van der Waals surface area contributed by atoms with Gasteiger partial charge in [-0.3, -0.25) is 4.90 Å². The summed E-state index contributed by atoms with van der Waals surface area (Å²) < 4.78 is 0. The van der Waals surface area contributed by atoms with Crippen molar-refractivity contribution in [2.75, 3.05) is 13.1 Å². The first-order chi connectivity index (χ1) is 9.02. The van der Waals surface area contributed by atoms with Gasteiger partial charge >= 0.3 is 0 Å². The second-order valence-corrected chi connectivity index (χ2v) is 7.20. The SMILES string of the molecule is CC(C)CC(CN)CCN(Cc1cccs1)C(C)C. The lowest BCUT2D eigenvalue weighted by molar-refractivity contribution is 0.194. The normalized spacial score (nSPS) is 13.7. The van der Waals surface area contributed by atoms with E-state index in [0.717, 1.165) is 25.6 Å². The molecule has 0 aliphatic carbocycles. The van der Waals surface area contributed by atoms with Crippen LogP contribution in [-0.2, 0) is 6.54 Å². The highest BCUT2D eigenvalue weighted by atomic mass is 32.1. The number of hydrogen-bond acceptors (Lipinski definition) is 3. The van der Waals surface area contributed by atoms with Crippen molar-refractivity contribution in [3.8, 4) is 0 Å². The van der Waals surface area contributed by atoms with Gasteiger partial charge in [-0.15, -0.1) is 11.3 Å². The number of nitrogens with two attached hydrogens (primary N) is 1. The lowest BCUT2D eigenvalue weighted by Crippen LogP contribution is -2.33. The molecule has 1 rings (SSSR count). The van der Waals surface area contributed by atoms with E-state index in [1.54, 1.807) is 0 Å². The predicted octanol–water partition coefficient (Wildman–Crippen LogP) is 3.97. The maximum absolute atomic E-state index is 5.90. The Balaban J connectivity index is 2.44. The van der Waals surface area contributed by atoms with Gasteiger partial charge in [0.25, 0.3) is 0 Å². The van der Waals surface area contributed by atoms with Crippen LogP contribution in [0, 0.1) is 11.8 Å². The molecular formula is C16H30N2S. The van der Waals surface area contributed by atoms with E-state index in [9.17, 15) is 0 Å². The molecule has 0 aliphatic rings. The standard InChI is InChI=1S/C16H30N2S/c1-13(2)10-15(11-17)7-8-18(14(3)4)12-16-6-5-9-19-16/h5-6,9,13-15H,7-8,10-12,17H2,1-4H3. The van der Waals surface area contributed by atoms with E-state index >= 15 is 0 Å². The number of hydrogen-bond donors (Lipinski definition) is 1. The van der Waals surface area contributed by atoms with Crippen molar-refractivity contribution in [1.82, 2.24) is 4.90 Å². The van der Waals surface area contributed by atoms with E-state index in [4.69, 9.17) is 5.73 Å². The van der Waals surface area contributed by atoms with E-state index in [1.807, 2.05) is 11.3 Å². The third-order valence-electron chi connectivity index (χ3n) is 3.63. The van der Waals surface area contributed by atoms with E-state index < -0.39 is 0 Å². The minimum absolute atomic E-state index is 0.597. The van der Waals surface area contributed by atoms with Gasteiger partial charge < -0.3 is 5.73 Å². The highest BCUT2D eigenvalue weighted by Gasteiger charge is 2.15. The first kappa shape index (κ1) is 16.7. The van der Waals surface area contributed by atoms with Crippen molar-refractivity contribution < 1.29 is 0 Å². The van der Waals surface area contributed by atoms with Crippen molar-refractivity contribution in [1.29, 1.82) is 0 Å². The van der Waals surface area contributed by atoms with Gasteiger partial charge in [-0.05, 0) is 63.1 Å². The molecule has 0 aliphatic heterocycles. The third-order valence-corrected chi connectivity index (χ3v) is 4.49. The van der Waals surface area contributed by atoms with Crippen molar-refractivity contribution >= 4 is 11.3 Å². The predicted molar refractivity (Wildman–Crippen MR) is 86.5 cm³/mol. The van der Waals surface area contributed by atoms with Crippen molar-refractivity contribution in [3.63, 3.8) is 0 Å². The molecule has 0 amide bonds. The van der Waals surface area contributed by atoms with Crippen LogP contribution in [0.25, 0.3) is 0 Å². The van der Waals surface area contributed by atoms with Gasteiger partial charge in [-0.25, -0.2) is 0 Å². The summed E-state index contributed by atoms with van der Waals surface area (Å²) in [7, 11) is 0. The topological polar surface area (TPSA) is 29.3 Å². The Bertz CT molecular complexity index is 319. The molecule has 19 heavy (non-hydrogen) atoms. The summed E-state index contributed by atoms with van der Waals surface area (Å²) in [5, 5.41) is 2.16. The van der Waals surface area contributed by atoms with Crippen LogP contribution in [-0.4, -0.2) is 24.0 Å². The number of thiophene rings is 1. The van der Waals surface area contributed by atoms with Crippen LogP contribution in [0.4, 0.5) is 0 Å². The van der Waals surface area contributed by atoms with Crippen LogP contribution in [0.1, 0.15) is 45.4 Å². The van der Waals surface area contributed by atoms with E-state index in [1.165, 1.54) is 17.7 Å². The van der Waals surface area contributed by atoms with E-state index in [0.29, 0.717) is 12.0 Å². The fourth-order valence-corrected chi connectivity index (χ4v) is 3.20. The maximum Gasteiger partial charge on any atom is 0.0330 e. The highest BCUT2D eigenvalue weighted by molar-refractivity contribution is 7.09. The number of nitrogens with zero attached hydrogens (tertiary/aromatic N) is 1. The molecular weight excluding hydrogens is 252 g/mol. The summed E-state index contributed by atoms with van der Waals surface area (Å²) in [6.45, 7) is 12.2. The summed E-state index contributed by atoms with van der Waals surface area (Å²) >= 11 is 1.85. The summed E-state index contributed by atoms with van der Waals surface area (Å²) in [5.74, 6) is 1.42. The van der Waals surface area contributed by atoms with E-state index in [-0.39, 0.29) is 0 Å². The van der Waals surface area contributed by atoms with Gasteiger partial charge in [0.2, 0.25) is 0 Å². The fraction of sp³-hybridized carbons (Fsp3) is 0.750. The molecule has 0 saturated carbocycles. The molecule has 1 unspecified atom stereocenters. The molecule has 1 atom stereocenters. The molecule has 0 bridgehead atoms. The molecule has 0 saturated heterocycles. The Morgan fingerprint density at radius 2 is 2.00 bits per heavy atom. The van der Waals surface area contributed by atoms with Crippen LogP contribution in [0.5, 0.6) is 0 Å². The largest absolute Gasteiger partial charge is 0.330 e. The minimum Gasteiger partial charge on any atom is -0.330 e. The fourth-order valence-electron chi connectivity index (χ4n) is 2.47. The van der Waals surface area contributed by atoms with Crippen molar-refractivity contribution in [2.24, 2.45) is 17.6 Å². The van der Waals surface area contributed by atoms with Crippen molar-refractivity contribution in [3.05, 3.63) is 22.4 Å². The molecule has 1 aromatic rings. The molecule has 2 nitrogen and oxygen atoms in total. The van der Waals surface area contributed by atoms with Gasteiger partial charge in [0, 0.05) is 17.5 Å². The number of rotatable bonds is 9. The van der Waals surface area contributed by atoms with Gasteiger partial charge in [-0.1, -0.05) is 19.9 Å². The lowest BCUT2D eigenvalue weighted by atomic mass is 9.94. The Hall–Kier alpha value is -0.380. The Morgan fingerprint density at radius 1 is 1.26 bits per heavy atom. The second kappa shape index (κ2) is 8.72. The van der Waals surface area contributed by atoms with Gasteiger partial charge in [-0.2, -0.15) is 0 Å². The van der Waals surface area contributed by atoms with Crippen LogP contribution in [0.15, 0.2) is 17.5 Å². The maximum atomic E-state index is 5.90. The molecule has 3 heteroatoms. The monoisotopic (exact) mass is 282 g/mol. The van der Waals surface area contributed by atoms with Crippen LogP contribution in [0.3, 0.4) is 0 Å². The second-order valence-electron chi connectivity index (χ2n) is 6.16. The zero-order valence-electron chi connectivity index (χ0n) is 12.9.